The largest absolute Gasteiger partial charge is 0.465 e. The summed E-state index contributed by atoms with van der Waals surface area (Å²) in [5, 5.41) is 0. The molecular weight excluding hydrogens is 484 g/mol. The van der Waals surface area contributed by atoms with Crippen molar-refractivity contribution in [2.75, 3.05) is 12.4 Å². The molecule has 0 saturated heterocycles. The maximum Gasteiger partial charge on any atom is 0.326 e. The van der Waals surface area contributed by atoms with Crippen LogP contribution in [0.2, 0.25) is 0 Å². The van der Waals surface area contributed by atoms with Gasteiger partial charge in [-0.05, 0) is 44.9 Å². The standard InChI is InChI=1S/C23H24O11S/c1-22-14(19(25)31-3-2-4-35(28,29)30)16-13(17(18(22)33-16)34-20(22)26)9-32-21(27)23-6-10-5-11(7-23)15(24)12(10)8-23/h10-12,14H,2-9H2,1H3,(H,28,29,30). The average molecular weight is 509 g/mol. The number of furan rings is 1. The van der Waals surface area contributed by atoms with Gasteiger partial charge < -0.3 is 18.6 Å². The van der Waals surface area contributed by atoms with Crippen molar-refractivity contribution in [3.8, 4) is 5.75 Å². The van der Waals surface area contributed by atoms with Crippen molar-refractivity contribution in [3.63, 3.8) is 0 Å². The van der Waals surface area contributed by atoms with E-state index in [1.165, 1.54) is 6.92 Å². The summed E-state index contributed by atoms with van der Waals surface area (Å²) in [5.74, 6) is -2.80. The quantitative estimate of drug-likeness (QED) is 0.307. The molecule has 6 bridgehead atoms. The Morgan fingerprint density at radius 3 is 2.63 bits per heavy atom. The van der Waals surface area contributed by atoms with Gasteiger partial charge in [0.05, 0.1) is 23.3 Å². The number of Topliss-reactive ketones (excluding diaryl/α,β-unsaturated/α-hetero) is 1. The lowest BCUT2D eigenvalue weighted by atomic mass is 9.69. The molecule has 12 heteroatoms. The third-order valence-electron chi connectivity index (χ3n) is 8.55. The van der Waals surface area contributed by atoms with Crippen LogP contribution in [0.1, 0.15) is 62.0 Å². The average Bonchev–Trinajstić information content (AvgIpc) is 3.48. The van der Waals surface area contributed by atoms with E-state index < -0.39 is 44.6 Å². The number of ketones is 1. The SMILES string of the molecule is CC12C(=O)Oc3c1oc(c3COC(=O)C13CC4CC(C1)C(C3)C4=O)C2C(=O)OCCCS(=O)(=O)O. The Balaban J connectivity index is 1.18. The van der Waals surface area contributed by atoms with Gasteiger partial charge in [0.15, 0.2) is 11.5 Å². The van der Waals surface area contributed by atoms with E-state index in [-0.39, 0.29) is 66.4 Å². The second-order valence-corrected chi connectivity index (χ2v) is 12.2. The van der Waals surface area contributed by atoms with Crippen LogP contribution in [0.5, 0.6) is 5.75 Å². The third-order valence-corrected chi connectivity index (χ3v) is 9.36. The summed E-state index contributed by atoms with van der Waals surface area (Å²) in [4.78, 5) is 51.0. The van der Waals surface area contributed by atoms with Crippen molar-refractivity contribution < 1.29 is 50.8 Å². The highest BCUT2D eigenvalue weighted by atomic mass is 32.2. The van der Waals surface area contributed by atoms with Gasteiger partial charge in [0.1, 0.15) is 29.5 Å². The fraction of sp³-hybridized carbons (Fsp3) is 0.652. The molecule has 4 aliphatic carbocycles. The molecule has 0 spiro atoms. The van der Waals surface area contributed by atoms with Crippen LogP contribution in [0.3, 0.4) is 0 Å². The number of rotatable bonds is 8. The van der Waals surface area contributed by atoms with Crippen molar-refractivity contribution >= 4 is 33.8 Å². The summed E-state index contributed by atoms with van der Waals surface area (Å²) in [6.45, 7) is 0.966. The lowest BCUT2D eigenvalue weighted by Crippen LogP contribution is -2.40. The van der Waals surface area contributed by atoms with Crippen LogP contribution in [-0.4, -0.2) is 49.0 Å². The molecule has 4 fully saturated rings. The van der Waals surface area contributed by atoms with Crippen LogP contribution < -0.4 is 4.74 Å². The smallest absolute Gasteiger partial charge is 0.326 e. The van der Waals surface area contributed by atoms with Gasteiger partial charge in [-0.1, -0.05) is 0 Å². The first kappa shape index (κ1) is 22.7. The van der Waals surface area contributed by atoms with Gasteiger partial charge in [0.2, 0.25) is 0 Å². The molecule has 3 heterocycles. The fourth-order valence-corrected chi connectivity index (χ4v) is 7.45. The predicted octanol–water partition coefficient (Wildman–Crippen LogP) is 1.42. The number of fused-ring (bicyclic) bond motifs is 1. The Bertz CT molecular complexity index is 1290. The maximum absolute atomic E-state index is 13.1. The van der Waals surface area contributed by atoms with Crippen LogP contribution in [0.25, 0.3) is 0 Å². The molecule has 1 N–H and O–H groups in total. The number of esters is 3. The molecule has 7 rings (SSSR count). The topological polar surface area (TPSA) is 163 Å². The van der Waals surface area contributed by atoms with Crippen molar-refractivity contribution in [2.24, 2.45) is 23.2 Å². The summed E-state index contributed by atoms with van der Waals surface area (Å²) in [6, 6.07) is 0. The van der Waals surface area contributed by atoms with E-state index in [0.717, 1.165) is 6.42 Å². The van der Waals surface area contributed by atoms with Crippen molar-refractivity contribution in [2.45, 2.75) is 57.0 Å². The summed E-state index contributed by atoms with van der Waals surface area (Å²) in [7, 11) is -4.20. The summed E-state index contributed by atoms with van der Waals surface area (Å²) in [5.41, 5.74) is -1.79. The molecule has 6 atom stereocenters. The Hall–Kier alpha value is -2.73. The van der Waals surface area contributed by atoms with Crippen LogP contribution in [0.4, 0.5) is 0 Å². The van der Waals surface area contributed by atoms with Crippen LogP contribution in [0.15, 0.2) is 4.42 Å². The van der Waals surface area contributed by atoms with Gasteiger partial charge in [0.25, 0.3) is 10.1 Å². The molecule has 6 unspecified atom stereocenters. The molecular formula is C23H24O11S. The summed E-state index contributed by atoms with van der Waals surface area (Å²) in [6.07, 6.45) is 2.37. The van der Waals surface area contributed by atoms with Crippen LogP contribution in [-0.2, 0) is 50.8 Å². The minimum atomic E-state index is -4.20. The third kappa shape index (κ3) is 3.08. The zero-order chi connectivity index (χ0) is 24.9. The molecule has 1 aromatic heterocycles. The van der Waals surface area contributed by atoms with Gasteiger partial charge >= 0.3 is 17.9 Å². The van der Waals surface area contributed by atoms with Crippen molar-refractivity contribution in [1.29, 1.82) is 0 Å². The number of ether oxygens (including phenoxy) is 3. The molecule has 188 valence electrons. The van der Waals surface area contributed by atoms with Gasteiger partial charge in [-0.2, -0.15) is 8.42 Å². The first-order chi connectivity index (χ1) is 16.4. The van der Waals surface area contributed by atoms with E-state index in [1.807, 2.05) is 0 Å². The Labute approximate surface area is 200 Å². The first-order valence-corrected chi connectivity index (χ1v) is 13.3. The summed E-state index contributed by atoms with van der Waals surface area (Å²) < 4.78 is 52.5. The highest BCUT2D eigenvalue weighted by Crippen LogP contribution is 2.63. The maximum atomic E-state index is 13.1. The Morgan fingerprint density at radius 1 is 1.17 bits per heavy atom. The lowest BCUT2D eigenvalue weighted by molar-refractivity contribution is -0.161. The number of hydrogen-bond acceptors (Lipinski definition) is 10. The highest BCUT2D eigenvalue weighted by molar-refractivity contribution is 7.85. The van der Waals surface area contributed by atoms with Gasteiger partial charge in [0, 0.05) is 11.8 Å². The molecule has 11 nitrogen and oxygen atoms in total. The zero-order valence-corrected chi connectivity index (χ0v) is 19.7. The number of carbonyl (C=O) groups excluding carboxylic acids is 4. The minimum Gasteiger partial charge on any atom is -0.465 e. The molecule has 1 aromatic rings. The molecule has 6 aliphatic rings. The van der Waals surface area contributed by atoms with Crippen LogP contribution in [0, 0.1) is 23.2 Å². The normalized spacial score (nSPS) is 35.6. The Kier molecular flexibility index (Phi) is 4.65. The van der Waals surface area contributed by atoms with Gasteiger partial charge in [-0.25, -0.2) is 0 Å². The second kappa shape index (κ2) is 7.16. The second-order valence-electron chi connectivity index (χ2n) is 10.6. The lowest BCUT2D eigenvalue weighted by Gasteiger charge is -2.35. The zero-order valence-electron chi connectivity index (χ0n) is 18.9. The van der Waals surface area contributed by atoms with E-state index >= 15 is 0 Å². The fourth-order valence-electron chi connectivity index (χ4n) is 6.97. The highest BCUT2D eigenvalue weighted by Gasteiger charge is 2.67. The molecule has 0 amide bonds. The molecule has 2 aliphatic heterocycles. The van der Waals surface area contributed by atoms with Gasteiger partial charge in [-0.3, -0.25) is 23.7 Å². The van der Waals surface area contributed by atoms with Gasteiger partial charge in [-0.15, -0.1) is 0 Å². The molecule has 0 radical (unpaired) electrons. The summed E-state index contributed by atoms with van der Waals surface area (Å²) >= 11 is 0. The van der Waals surface area contributed by atoms with Crippen molar-refractivity contribution in [3.05, 3.63) is 17.1 Å². The first-order valence-electron chi connectivity index (χ1n) is 11.7. The molecule has 35 heavy (non-hydrogen) atoms. The minimum absolute atomic E-state index is 0.0597. The number of carbonyl (C=O) groups is 4. The molecule has 4 saturated carbocycles. The van der Waals surface area contributed by atoms with E-state index in [0.29, 0.717) is 24.8 Å². The van der Waals surface area contributed by atoms with E-state index in [4.69, 9.17) is 23.2 Å². The van der Waals surface area contributed by atoms with E-state index in [9.17, 15) is 27.6 Å². The van der Waals surface area contributed by atoms with Crippen molar-refractivity contribution in [1.82, 2.24) is 0 Å². The van der Waals surface area contributed by atoms with E-state index in [1.54, 1.807) is 0 Å². The van der Waals surface area contributed by atoms with E-state index in [2.05, 4.69) is 0 Å². The number of hydrogen-bond donors (Lipinski definition) is 1. The van der Waals surface area contributed by atoms with Crippen LogP contribution >= 0.6 is 0 Å². The Morgan fingerprint density at radius 2 is 1.94 bits per heavy atom. The monoisotopic (exact) mass is 508 g/mol. The molecule has 0 aromatic carbocycles. The predicted molar refractivity (Wildman–Crippen MR) is 113 cm³/mol.